The fourth-order valence-electron chi connectivity index (χ4n) is 5.03. The van der Waals surface area contributed by atoms with Crippen molar-refractivity contribution in [2.45, 2.75) is 62.7 Å². The van der Waals surface area contributed by atoms with Crippen LogP contribution in [0.4, 0.5) is 13.6 Å². The largest absolute Gasteiger partial charge is 0.443 e. The maximum Gasteiger partial charge on any atom is 0.407 e. The van der Waals surface area contributed by atoms with Crippen LogP contribution in [-0.4, -0.2) is 76.2 Å². The Labute approximate surface area is 239 Å². The summed E-state index contributed by atoms with van der Waals surface area (Å²) < 4.78 is 74.7. The van der Waals surface area contributed by atoms with Gasteiger partial charge in [0, 0.05) is 19.1 Å². The Hall–Kier alpha value is -2.84. The minimum Gasteiger partial charge on any atom is -0.443 e. The third-order valence-electron chi connectivity index (χ3n) is 7.03. The maximum atomic E-state index is 13.6. The number of carbonyl (C=O) groups is 1. The summed E-state index contributed by atoms with van der Waals surface area (Å²) in [6, 6.07) is 12.7. The summed E-state index contributed by atoms with van der Waals surface area (Å²) in [5.41, 5.74) is 7.51. The number of benzene rings is 2. The minimum absolute atomic E-state index is 0.0360. The fraction of sp³-hybridized carbons (Fsp3) is 0.536. The van der Waals surface area contributed by atoms with Gasteiger partial charge in [0.25, 0.3) is 0 Å². The molecule has 2 aromatic carbocycles. The molecule has 0 radical (unpaired) electrons. The van der Waals surface area contributed by atoms with Crippen LogP contribution in [0, 0.1) is 11.8 Å². The maximum absolute atomic E-state index is 13.6. The first-order valence-electron chi connectivity index (χ1n) is 13.6. The molecule has 2 saturated heterocycles. The van der Waals surface area contributed by atoms with Crippen LogP contribution in [0.1, 0.15) is 25.8 Å². The molecule has 226 valence electrons. The summed E-state index contributed by atoms with van der Waals surface area (Å²) in [6.45, 7) is 1.53. The van der Waals surface area contributed by atoms with E-state index in [9.17, 15) is 22.0 Å². The number of hydrogen-bond acceptors (Lipinski definition) is 8. The second-order valence-corrected chi connectivity index (χ2v) is 12.6. The monoisotopic (exact) mass is 597 g/mol. The molecule has 0 aliphatic carbocycles. The van der Waals surface area contributed by atoms with Crippen LogP contribution in [0.15, 0.2) is 59.5 Å². The average Bonchev–Trinajstić information content (AvgIpc) is 3.53. The molecule has 0 unspecified atom stereocenters. The molecule has 0 spiro atoms. The van der Waals surface area contributed by atoms with Crippen molar-refractivity contribution < 1.29 is 40.9 Å². The van der Waals surface area contributed by atoms with Gasteiger partial charge in [-0.05, 0) is 48.6 Å². The molecule has 5 atom stereocenters. The van der Waals surface area contributed by atoms with Crippen LogP contribution in [-0.2, 0) is 30.7 Å². The van der Waals surface area contributed by atoms with Gasteiger partial charge in [0.05, 0.1) is 30.1 Å². The molecule has 2 fully saturated rings. The van der Waals surface area contributed by atoms with Gasteiger partial charge in [0.2, 0.25) is 10.0 Å². The Morgan fingerprint density at radius 2 is 1.80 bits per heavy atom. The molecule has 0 bridgehead atoms. The third kappa shape index (κ3) is 8.35. The summed E-state index contributed by atoms with van der Waals surface area (Å²) in [6.07, 6.45) is -0.433. The molecule has 4 rings (SSSR count). The summed E-state index contributed by atoms with van der Waals surface area (Å²) in [7, 11) is -4.06. The van der Waals surface area contributed by atoms with Gasteiger partial charge in [-0.1, -0.05) is 44.2 Å². The van der Waals surface area contributed by atoms with E-state index in [1.165, 1.54) is 28.6 Å². The molecule has 0 aromatic heterocycles. The van der Waals surface area contributed by atoms with E-state index in [-0.39, 0.29) is 48.5 Å². The van der Waals surface area contributed by atoms with E-state index in [4.69, 9.17) is 19.9 Å². The third-order valence-corrected chi connectivity index (χ3v) is 8.88. The molecule has 2 aliphatic rings. The Kier molecular flexibility index (Phi) is 10.5. The van der Waals surface area contributed by atoms with E-state index in [0.717, 1.165) is 12.0 Å². The Morgan fingerprint density at radius 1 is 1.10 bits per heavy atom. The van der Waals surface area contributed by atoms with Crippen LogP contribution >= 0.6 is 0 Å². The summed E-state index contributed by atoms with van der Waals surface area (Å²) in [4.78, 5) is 12.9. The van der Waals surface area contributed by atoms with E-state index in [0.29, 0.717) is 13.0 Å². The van der Waals surface area contributed by atoms with Gasteiger partial charge in [-0.3, -0.25) is 0 Å². The van der Waals surface area contributed by atoms with Gasteiger partial charge in [-0.15, -0.1) is 0 Å². The molecule has 2 aromatic rings. The van der Waals surface area contributed by atoms with E-state index in [2.05, 4.69) is 10.1 Å². The summed E-state index contributed by atoms with van der Waals surface area (Å²) >= 11 is 0. The molecule has 2 heterocycles. The number of alkyl carbamates (subject to hydrolysis) is 1. The first-order valence-corrected chi connectivity index (χ1v) is 15.0. The van der Waals surface area contributed by atoms with Crippen LogP contribution in [0.3, 0.4) is 0 Å². The lowest BCUT2D eigenvalue weighted by Gasteiger charge is -2.31. The van der Waals surface area contributed by atoms with Crippen molar-refractivity contribution in [3.05, 3.63) is 60.2 Å². The molecule has 1 amide bonds. The summed E-state index contributed by atoms with van der Waals surface area (Å²) in [5.74, 6) is -0.237. The lowest BCUT2D eigenvalue weighted by molar-refractivity contribution is -0.0907. The van der Waals surface area contributed by atoms with Crippen molar-refractivity contribution in [1.82, 2.24) is 9.62 Å². The number of hydrogen-bond donors (Lipinski definition) is 2. The highest BCUT2D eigenvalue weighted by atomic mass is 32.2. The minimum atomic E-state index is -4.06. The highest BCUT2D eigenvalue weighted by Crippen LogP contribution is 2.33. The topological polar surface area (TPSA) is 129 Å². The second-order valence-electron chi connectivity index (χ2n) is 10.6. The van der Waals surface area contributed by atoms with Gasteiger partial charge >= 0.3 is 12.7 Å². The lowest BCUT2D eigenvalue weighted by Crippen LogP contribution is -2.55. The van der Waals surface area contributed by atoms with Crippen molar-refractivity contribution in [3.63, 3.8) is 0 Å². The molecular formula is C28H37F2N3O7S. The van der Waals surface area contributed by atoms with E-state index in [1.807, 2.05) is 44.2 Å². The molecular weight excluding hydrogens is 560 g/mol. The fourth-order valence-corrected chi connectivity index (χ4v) is 6.67. The van der Waals surface area contributed by atoms with E-state index < -0.39 is 40.9 Å². The van der Waals surface area contributed by atoms with Crippen LogP contribution in [0.25, 0.3) is 0 Å². The SMILES string of the molecule is CC(C)CN(C[C@@H](N)[C@H](Cc1ccccc1)NC(=O)O[C@H]1CO[C@H]2OCC[C@H]21)S(=O)(=O)c1ccc(OC(F)F)cc1. The van der Waals surface area contributed by atoms with E-state index in [1.54, 1.807) is 0 Å². The number of nitrogens with zero attached hydrogens (tertiary/aromatic N) is 1. The van der Waals surface area contributed by atoms with Crippen molar-refractivity contribution in [1.29, 1.82) is 0 Å². The standard InChI is InChI=1S/C28H37F2N3O7S/c1-18(2)15-33(41(35,36)21-10-8-20(9-11-21)39-27(29)30)16-23(31)24(14-19-6-4-3-5-7-19)32-28(34)40-25-17-38-26-22(25)12-13-37-26/h3-11,18,22-27H,12-17,31H2,1-2H3,(H,32,34)/t22-,23+,24-,25-,26+/m0/s1. The van der Waals surface area contributed by atoms with Gasteiger partial charge in [0.15, 0.2) is 6.29 Å². The van der Waals surface area contributed by atoms with Gasteiger partial charge < -0.3 is 30.0 Å². The Balaban J connectivity index is 1.50. The average molecular weight is 598 g/mol. The quantitative estimate of drug-likeness (QED) is 0.360. The Morgan fingerprint density at radius 3 is 2.46 bits per heavy atom. The number of nitrogens with two attached hydrogens (primary N) is 1. The predicted molar refractivity (Wildman–Crippen MR) is 146 cm³/mol. The zero-order chi connectivity index (χ0) is 29.6. The van der Waals surface area contributed by atoms with Crippen LogP contribution < -0.4 is 15.8 Å². The molecule has 3 N–H and O–H groups in total. The number of fused-ring (bicyclic) bond motifs is 1. The number of amides is 1. The number of nitrogens with one attached hydrogen (secondary N) is 1. The summed E-state index contributed by atoms with van der Waals surface area (Å²) in [5, 5.41) is 2.86. The molecule has 13 heteroatoms. The highest BCUT2D eigenvalue weighted by Gasteiger charge is 2.44. The first kappa shape index (κ1) is 31.1. The molecule has 2 aliphatic heterocycles. The van der Waals surface area contributed by atoms with Crippen molar-refractivity contribution >= 4 is 16.1 Å². The van der Waals surface area contributed by atoms with Gasteiger partial charge in [-0.2, -0.15) is 13.1 Å². The van der Waals surface area contributed by atoms with Crippen LogP contribution in [0.2, 0.25) is 0 Å². The Bertz CT molecular complexity index is 1240. The number of halogens is 2. The van der Waals surface area contributed by atoms with E-state index >= 15 is 0 Å². The van der Waals surface area contributed by atoms with Gasteiger partial charge in [0.1, 0.15) is 11.9 Å². The second kappa shape index (κ2) is 13.9. The number of sulfonamides is 1. The zero-order valence-electron chi connectivity index (χ0n) is 23.0. The van der Waals surface area contributed by atoms with Gasteiger partial charge in [-0.25, -0.2) is 13.2 Å². The normalized spacial score (nSPS) is 22.1. The zero-order valence-corrected chi connectivity index (χ0v) is 23.8. The smallest absolute Gasteiger partial charge is 0.407 e. The highest BCUT2D eigenvalue weighted by molar-refractivity contribution is 7.89. The number of carbonyl (C=O) groups excluding carboxylic acids is 1. The lowest BCUT2D eigenvalue weighted by atomic mass is 9.99. The number of ether oxygens (including phenoxy) is 4. The number of alkyl halides is 2. The predicted octanol–water partition coefficient (Wildman–Crippen LogP) is 3.36. The van der Waals surface area contributed by atoms with Crippen LogP contribution in [0.5, 0.6) is 5.75 Å². The van der Waals surface area contributed by atoms with Crippen molar-refractivity contribution in [2.75, 3.05) is 26.3 Å². The molecule has 41 heavy (non-hydrogen) atoms. The number of rotatable bonds is 13. The first-order chi connectivity index (χ1) is 19.5. The molecule has 0 saturated carbocycles. The van der Waals surface area contributed by atoms with Crippen molar-refractivity contribution in [2.24, 2.45) is 17.6 Å². The molecule has 10 nitrogen and oxygen atoms in total. The van der Waals surface area contributed by atoms with Crippen molar-refractivity contribution in [3.8, 4) is 5.75 Å².